The number of aromatic nitrogens is 2. The van der Waals surface area contributed by atoms with Crippen molar-refractivity contribution in [1.82, 2.24) is 14.9 Å². The Kier molecular flexibility index (Phi) is 7.69. The van der Waals surface area contributed by atoms with Gasteiger partial charge < -0.3 is 14.8 Å². The molecule has 23 heavy (non-hydrogen) atoms. The Balaban J connectivity index is 0.000000593. The zero-order valence-corrected chi connectivity index (χ0v) is 15.3. The number of carbonyl (C=O) groups excluding carboxylic acids is 2. The van der Waals surface area contributed by atoms with Gasteiger partial charge in [0.05, 0.1) is 5.52 Å². The third-order valence-corrected chi connectivity index (χ3v) is 3.65. The highest BCUT2D eigenvalue weighted by Crippen LogP contribution is 2.31. The van der Waals surface area contributed by atoms with E-state index in [1.165, 1.54) is 11.1 Å². The van der Waals surface area contributed by atoms with Crippen LogP contribution >= 0.6 is 9.39 Å². The predicted octanol–water partition coefficient (Wildman–Crippen LogP) is 2.24. The molecular formula is C16H25N4O2P. The fourth-order valence-electron chi connectivity index (χ4n) is 2.45. The summed E-state index contributed by atoms with van der Waals surface area (Å²) in [7, 11) is 5.99. The van der Waals surface area contributed by atoms with E-state index in [1.807, 2.05) is 33.1 Å². The van der Waals surface area contributed by atoms with E-state index in [1.54, 1.807) is 0 Å². The largest absolute Gasteiger partial charge is 0.357 e. The summed E-state index contributed by atoms with van der Waals surface area (Å²) in [6.07, 6.45) is 2.06. The average Bonchev–Trinajstić information content (AvgIpc) is 2.90. The molecule has 0 aliphatic rings. The number of hydrogen-bond acceptors (Lipinski definition) is 4. The van der Waals surface area contributed by atoms with E-state index in [0.717, 1.165) is 17.5 Å². The Bertz CT molecular complexity index is 655. The predicted molar refractivity (Wildman–Crippen MR) is 97.7 cm³/mol. The number of aldehydes is 1. The van der Waals surface area contributed by atoms with Crippen molar-refractivity contribution < 1.29 is 9.59 Å². The lowest BCUT2D eigenvalue weighted by Crippen LogP contribution is -2.19. The van der Waals surface area contributed by atoms with E-state index in [4.69, 9.17) is 4.79 Å². The summed E-state index contributed by atoms with van der Waals surface area (Å²) in [5.74, 6) is 1.41. The van der Waals surface area contributed by atoms with Crippen molar-refractivity contribution in [2.75, 3.05) is 18.5 Å². The van der Waals surface area contributed by atoms with Gasteiger partial charge in [-0.05, 0) is 26.9 Å². The summed E-state index contributed by atoms with van der Waals surface area (Å²) in [5, 5.41) is 7.93. The summed E-state index contributed by atoms with van der Waals surface area (Å²) in [6.45, 7) is 5.08. The molecule has 1 atom stereocenters. The van der Waals surface area contributed by atoms with Gasteiger partial charge in [0.2, 0.25) is 6.41 Å². The number of anilines is 1. The summed E-state index contributed by atoms with van der Waals surface area (Å²) in [5.41, 5.74) is 2.49. The molecule has 2 rings (SSSR count). The Morgan fingerprint density at radius 1 is 1.39 bits per heavy atom. The number of aryl methyl sites for hydroxylation is 1. The Hall–Kier alpha value is -1.94. The van der Waals surface area contributed by atoms with Crippen molar-refractivity contribution in [3.63, 3.8) is 0 Å². The molecule has 0 spiro atoms. The molecule has 1 heterocycles. The lowest BCUT2D eigenvalue weighted by molar-refractivity contribution is -0.108. The second-order valence-electron chi connectivity index (χ2n) is 5.51. The molecule has 126 valence electrons. The number of hydrogen-bond donors (Lipinski definition) is 1. The second-order valence-corrected chi connectivity index (χ2v) is 5.84. The number of carbonyl (C=O) groups is 2. The lowest BCUT2D eigenvalue weighted by atomic mass is 10.0. The molecule has 7 heteroatoms. The zero-order valence-electron chi connectivity index (χ0n) is 14.1. The van der Waals surface area contributed by atoms with Crippen LogP contribution in [0, 0.1) is 0 Å². The third kappa shape index (κ3) is 4.76. The third-order valence-electron chi connectivity index (χ3n) is 3.51. The number of amides is 1. The summed E-state index contributed by atoms with van der Waals surface area (Å²) in [4.78, 5) is 21.6. The summed E-state index contributed by atoms with van der Waals surface area (Å²) in [6, 6.07) is 6.33. The minimum absolute atomic E-state index is 0.465. The van der Waals surface area contributed by atoms with Crippen molar-refractivity contribution in [3.05, 3.63) is 23.8 Å². The first kappa shape index (κ1) is 19.1. The number of benzene rings is 1. The number of para-hydroxylation sites is 1. The highest BCUT2D eigenvalue weighted by Gasteiger charge is 2.16. The van der Waals surface area contributed by atoms with Crippen LogP contribution in [0.3, 0.4) is 0 Å². The van der Waals surface area contributed by atoms with Crippen LogP contribution in [0.25, 0.3) is 10.9 Å². The summed E-state index contributed by atoms with van der Waals surface area (Å²) >= 11 is 0. The van der Waals surface area contributed by atoms with Gasteiger partial charge in [0.25, 0.3) is 0 Å². The fraction of sp³-hybridized carbons (Fsp3) is 0.438. The van der Waals surface area contributed by atoms with Crippen molar-refractivity contribution >= 4 is 38.8 Å². The SMILES string of the molecule is CC(C)c1cccc2c(N(C)CCC=O)nn(C)c12.O=CNP. The molecule has 2 aromatic rings. The first-order valence-corrected chi connectivity index (χ1v) is 8.05. The maximum absolute atomic E-state index is 10.5. The van der Waals surface area contributed by atoms with Crippen LogP contribution < -0.4 is 9.99 Å². The van der Waals surface area contributed by atoms with E-state index in [9.17, 15) is 4.79 Å². The van der Waals surface area contributed by atoms with Crippen LogP contribution in [0.4, 0.5) is 5.82 Å². The maximum atomic E-state index is 10.5. The van der Waals surface area contributed by atoms with Crippen molar-refractivity contribution in [2.24, 2.45) is 7.05 Å². The van der Waals surface area contributed by atoms with Crippen molar-refractivity contribution in [3.8, 4) is 0 Å². The van der Waals surface area contributed by atoms with Gasteiger partial charge in [-0.2, -0.15) is 5.10 Å². The van der Waals surface area contributed by atoms with Gasteiger partial charge in [-0.1, -0.05) is 26.0 Å². The van der Waals surface area contributed by atoms with Crippen LogP contribution in [0.1, 0.15) is 31.7 Å². The molecular weight excluding hydrogens is 311 g/mol. The quantitative estimate of drug-likeness (QED) is 0.649. The Labute approximate surface area is 139 Å². The van der Waals surface area contributed by atoms with Crippen LogP contribution in [-0.4, -0.2) is 36.1 Å². The van der Waals surface area contributed by atoms with Gasteiger partial charge in [-0.3, -0.25) is 9.48 Å². The molecule has 0 radical (unpaired) electrons. The number of rotatable bonds is 6. The Morgan fingerprint density at radius 3 is 2.57 bits per heavy atom. The van der Waals surface area contributed by atoms with Crippen LogP contribution in [0.5, 0.6) is 0 Å². The molecule has 0 aliphatic heterocycles. The number of fused-ring (bicyclic) bond motifs is 1. The van der Waals surface area contributed by atoms with Crippen LogP contribution in [0.2, 0.25) is 0 Å². The molecule has 1 amide bonds. The number of nitrogens with zero attached hydrogens (tertiary/aromatic N) is 3. The minimum Gasteiger partial charge on any atom is -0.357 e. The van der Waals surface area contributed by atoms with Gasteiger partial charge in [-0.15, -0.1) is 0 Å². The zero-order chi connectivity index (χ0) is 17.4. The molecule has 1 unspecified atom stereocenters. The first-order chi connectivity index (χ1) is 11.0. The summed E-state index contributed by atoms with van der Waals surface area (Å²) < 4.78 is 1.94. The van der Waals surface area contributed by atoms with Gasteiger partial charge in [0, 0.05) is 32.4 Å². The van der Waals surface area contributed by atoms with Crippen LogP contribution in [0.15, 0.2) is 18.2 Å². The minimum atomic E-state index is 0.465. The normalized spacial score (nSPS) is 10.2. The maximum Gasteiger partial charge on any atom is 0.209 e. The highest BCUT2D eigenvalue weighted by molar-refractivity contribution is 7.14. The van der Waals surface area contributed by atoms with E-state index in [2.05, 4.69) is 42.2 Å². The molecule has 6 nitrogen and oxygen atoms in total. The molecule has 0 fully saturated rings. The molecule has 0 saturated heterocycles. The molecule has 1 aromatic carbocycles. The van der Waals surface area contributed by atoms with Gasteiger partial charge >= 0.3 is 0 Å². The molecule has 1 N–H and O–H groups in total. The molecule has 0 aliphatic carbocycles. The topological polar surface area (TPSA) is 67.2 Å². The number of nitrogens with one attached hydrogen (secondary N) is 1. The average molecular weight is 336 g/mol. The van der Waals surface area contributed by atoms with Gasteiger partial charge in [0.1, 0.15) is 6.29 Å². The second kappa shape index (κ2) is 9.26. The molecule has 0 bridgehead atoms. The monoisotopic (exact) mass is 336 g/mol. The fourth-order valence-corrected chi connectivity index (χ4v) is 2.45. The van der Waals surface area contributed by atoms with E-state index >= 15 is 0 Å². The molecule has 1 aromatic heterocycles. The highest BCUT2D eigenvalue weighted by atomic mass is 31.0. The standard InChI is InChI=1S/C15H21N3O.CH4NOP/c1-11(2)12-7-5-8-13-14(12)18(4)16-15(13)17(3)9-6-10-19;3-1-2-4/h5,7-8,10-11H,6,9H2,1-4H3;1H,4H2,(H,2,3). The smallest absolute Gasteiger partial charge is 0.209 e. The van der Waals surface area contributed by atoms with Gasteiger partial charge in [-0.25, -0.2) is 0 Å². The van der Waals surface area contributed by atoms with Crippen LogP contribution in [-0.2, 0) is 16.6 Å². The van der Waals surface area contributed by atoms with E-state index in [-0.39, 0.29) is 0 Å². The lowest BCUT2D eigenvalue weighted by Gasteiger charge is -2.15. The van der Waals surface area contributed by atoms with E-state index < -0.39 is 0 Å². The van der Waals surface area contributed by atoms with Gasteiger partial charge in [0.15, 0.2) is 5.82 Å². The van der Waals surface area contributed by atoms with Crippen molar-refractivity contribution in [1.29, 1.82) is 0 Å². The Morgan fingerprint density at radius 2 is 2.04 bits per heavy atom. The van der Waals surface area contributed by atoms with E-state index in [0.29, 0.717) is 25.3 Å². The molecule has 0 saturated carbocycles. The first-order valence-electron chi connectivity index (χ1n) is 7.48. The van der Waals surface area contributed by atoms with Crippen molar-refractivity contribution in [2.45, 2.75) is 26.2 Å².